The highest BCUT2D eigenvalue weighted by atomic mass is 16.5. The van der Waals surface area contributed by atoms with Crippen molar-refractivity contribution in [3.63, 3.8) is 0 Å². The van der Waals surface area contributed by atoms with Gasteiger partial charge in [-0.3, -0.25) is 4.79 Å². The average molecular weight is 231 g/mol. The molecule has 0 unspecified atom stereocenters. The van der Waals surface area contributed by atoms with Gasteiger partial charge in [0.25, 0.3) is 5.91 Å². The third kappa shape index (κ3) is 1.75. The van der Waals surface area contributed by atoms with Crippen LogP contribution in [0.3, 0.4) is 0 Å². The van der Waals surface area contributed by atoms with Gasteiger partial charge in [0.2, 0.25) is 0 Å². The van der Waals surface area contributed by atoms with Gasteiger partial charge < -0.3 is 9.64 Å². The first-order valence-corrected chi connectivity index (χ1v) is 6.30. The molecular formula is C14H17NO2. The minimum atomic E-state index is -0.219. The van der Waals surface area contributed by atoms with Crippen LogP contribution >= 0.6 is 0 Å². The van der Waals surface area contributed by atoms with Gasteiger partial charge in [-0.2, -0.15) is 0 Å². The van der Waals surface area contributed by atoms with Gasteiger partial charge in [0, 0.05) is 18.3 Å². The van der Waals surface area contributed by atoms with Crippen molar-refractivity contribution in [1.82, 2.24) is 0 Å². The highest BCUT2D eigenvalue weighted by Crippen LogP contribution is 2.33. The predicted molar refractivity (Wildman–Crippen MR) is 66.1 cm³/mol. The van der Waals surface area contributed by atoms with Gasteiger partial charge in [0.05, 0.1) is 0 Å². The molecule has 1 saturated heterocycles. The second-order valence-electron chi connectivity index (χ2n) is 4.89. The van der Waals surface area contributed by atoms with Crippen molar-refractivity contribution in [3.05, 3.63) is 29.8 Å². The van der Waals surface area contributed by atoms with Crippen molar-refractivity contribution < 1.29 is 9.53 Å². The predicted octanol–water partition coefficient (Wildman–Crippen LogP) is 2.14. The Kier molecular flexibility index (Phi) is 2.63. The maximum atomic E-state index is 12.4. The Morgan fingerprint density at radius 2 is 2.24 bits per heavy atom. The molecule has 90 valence electrons. The molecule has 17 heavy (non-hydrogen) atoms. The second kappa shape index (κ2) is 4.15. The normalized spacial score (nSPS) is 27.2. The summed E-state index contributed by atoms with van der Waals surface area (Å²) in [5, 5.41) is 0. The van der Waals surface area contributed by atoms with Gasteiger partial charge in [-0.1, -0.05) is 18.2 Å². The van der Waals surface area contributed by atoms with E-state index in [1.54, 1.807) is 0 Å². The summed E-state index contributed by atoms with van der Waals surface area (Å²) in [5.41, 5.74) is 2.34. The van der Waals surface area contributed by atoms with Crippen LogP contribution in [-0.2, 0) is 16.0 Å². The van der Waals surface area contributed by atoms with E-state index in [1.165, 1.54) is 5.56 Å². The molecule has 1 amide bonds. The topological polar surface area (TPSA) is 29.5 Å². The van der Waals surface area contributed by atoms with E-state index in [0.29, 0.717) is 0 Å². The van der Waals surface area contributed by atoms with E-state index in [9.17, 15) is 4.79 Å². The summed E-state index contributed by atoms with van der Waals surface area (Å²) in [6.07, 6.45) is 2.60. The molecule has 0 N–H and O–H groups in total. The van der Waals surface area contributed by atoms with E-state index >= 15 is 0 Å². The van der Waals surface area contributed by atoms with Crippen LogP contribution in [0.4, 0.5) is 5.69 Å². The minimum absolute atomic E-state index is 0.139. The smallest absolute Gasteiger partial charge is 0.256 e. The molecule has 0 saturated carbocycles. The molecule has 1 fully saturated rings. The Morgan fingerprint density at radius 1 is 1.41 bits per heavy atom. The monoisotopic (exact) mass is 231 g/mol. The lowest BCUT2D eigenvalue weighted by atomic mass is 10.1. The van der Waals surface area contributed by atoms with E-state index in [4.69, 9.17) is 4.74 Å². The summed E-state index contributed by atoms with van der Waals surface area (Å²) < 4.78 is 5.50. The maximum Gasteiger partial charge on any atom is 0.256 e. The lowest BCUT2D eigenvalue weighted by Crippen LogP contribution is -2.42. The van der Waals surface area contributed by atoms with Gasteiger partial charge in [-0.15, -0.1) is 0 Å². The number of carbonyl (C=O) groups excluding carboxylic acids is 1. The van der Waals surface area contributed by atoms with Gasteiger partial charge >= 0.3 is 0 Å². The van der Waals surface area contributed by atoms with Crippen molar-refractivity contribution in [2.24, 2.45) is 0 Å². The molecule has 3 rings (SSSR count). The standard InChI is InChI=1S/C14H17NO2/c1-10-9-11-5-2-3-6-12(11)15(10)14(16)13-7-4-8-17-13/h2-3,5-6,10,13H,4,7-9H2,1H3/t10-,13+/m1/s1. The number of para-hydroxylation sites is 1. The number of rotatable bonds is 1. The molecule has 0 bridgehead atoms. The van der Waals surface area contributed by atoms with Crippen molar-refractivity contribution in [3.8, 4) is 0 Å². The molecule has 2 aliphatic heterocycles. The molecule has 0 aliphatic carbocycles. The van der Waals surface area contributed by atoms with Crippen LogP contribution in [0.15, 0.2) is 24.3 Å². The van der Waals surface area contributed by atoms with E-state index in [1.807, 2.05) is 23.1 Å². The molecule has 3 heteroatoms. The Hall–Kier alpha value is -1.35. The van der Waals surface area contributed by atoms with E-state index in [-0.39, 0.29) is 18.1 Å². The Bertz CT molecular complexity index is 438. The van der Waals surface area contributed by atoms with E-state index < -0.39 is 0 Å². The Morgan fingerprint density at radius 3 is 3.00 bits per heavy atom. The van der Waals surface area contributed by atoms with Crippen LogP contribution in [0.1, 0.15) is 25.3 Å². The molecular weight excluding hydrogens is 214 g/mol. The fourth-order valence-electron chi connectivity index (χ4n) is 2.83. The van der Waals surface area contributed by atoms with Crippen molar-refractivity contribution >= 4 is 11.6 Å². The van der Waals surface area contributed by atoms with Crippen molar-refractivity contribution in [2.45, 2.75) is 38.3 Å². The van der Waals surface area contributed by atoms with Gasteiger partial charge in [0.15, 0.2) is 0 Å². The van der Waals surface area contributed by atoms with E-state index in [2.05, 4.69) is 13.0 Å². The number of fused-ring (bicyclic) bond motifs is 1. The SMILES string of the molecule is C[C@@H]1Cc2ccccc2N1C(=O)[C@@H]1CCCO1. The largest absolute Gasteiger partial charge is 0.368 e. The second-order valence-corrected chi connectivity index (χ2v) is 4.89. The number of hydrogen-bond donors (Lipinski definition) is 0. The third-order valence-corrected chi connectivity index (χ3v) is 3.65. The zero-order valence-corrected chi connectivity index (χ0v) is 10.1. The van der Waals surface area contributed by atoms with Gasteiger partial charge in [0.1, 0.15) is 6.10 Å². The van der Waals surface area contributed by atoms with Crippen LogP contribution < -0.4 is 4.90 Å². The van der Waals surface area contributed by atoms with Crippen LogP contribution in [0.5, 0.6) is 0 Å². The molecule has 1 aromatic rings. The summed E-state index contributed by atoms with van der Waals surface area (Å²) in [4.78, 5) is 14.3. The molecule has 2 heterocycles. The average Bonchev–Trinajstić information content (AvgIpc) is 2.94. The molecule has 1 aromatic carbocycles. The highest BCUT2D eigenvalue weighted by molar-refractivity contribution is 5.99. The summed E-state index contributed by atoms with van der Waals surface area (Å²) >= 11 is 0. The molecule has 0 radical (unpaired) electrons. The van der Waals surface area contributed by atoms with Crippen molar-refractivity contribution in [1.29, 1.82) is 0 Å². The maximum absolute atomic E-state index is 12.4. The molecule has 2 atom stereocenters. The van der Waals surface area contributed by atoms with Gasteiger partial charge in [-0.25, -0.2) is 0 Å². The quantitative estimate of drug-likeness (QED) is 0.741. The fourth-order valence-corrected chi connectivity index (χ4v) is 2.83. The number of benzene rings is 1. The lowest BCUT2D eigenvalue weighted by molar-refractivity contribution is -0.127. The molecule has 0 spiro atoms. The molecule has 0 aromatic heterocycles. The van der Waals surface area contributed by atoms with Crippen LogP contribution in [0.25, 0.3) is 0 Å². The van der Waals surface area contributed by atoms with Crippen LogP contribution in [0, 0.1) is 0 Å². The minimum Gasteiger partial charge on any atom is -0.368 e. The summed E-state index contributed by atoms with van der Waals surface area (Å²) in [6.45, 7) is 2.83. The number of amides is 1. The summed E-state index contributed by atoms with van der Waals surface area (Å²) in [6, 6.07) is 8.42. The summed E-state index contributed by atoms with van der Waals surface area (Å²) in [7, 11) is 0. The van der Waals surface area contributed by atoms with Crippen molar-refractivity contribution in [2.75, 3.05) is 11.5 Å². The number of hydrogen-bond acceptors (Lipinski definition) is 2. The zero-order valence-electron chi connectivity index (χ0n) is 10.1. The number of carbonyl (C=O) groups is 1. The summed E-state index contributed by atoms with van der Waals surface area (Å²) in [5.74, 6) is 0.139. The first kappa shape index (κ1) is 10.8. The lowest BCUT2D eigenvalue weighted by Gasteiger charge is -2.25. The van der Waals surface area contributed by atoms with Crippen LogP contribution in [-0.4, -0.2) is 24.7 Å². The zero-order chi connectivity index (χ0) is 11.8. The molecule has 2 aliphatic rings. The first-order chi connectivity index (χ1) is 8.27. The van der Waals surface area contributed by atoms with E-state index in [0.717, 1.165) is 31.6 Å². The number of anilines is 1. The number of nitrogens with zero attached hydrogens (tertiary/aromatic N) is 1. The van der Waals surface area contributed by atoms with Crippen LogP contribution in [0.2, 0.25) is 0 Å². The van der Waals surface area contributed by atoms with Gasteiger partial charge in [-0.05, 0) is 37.8 Å². The highest BCUT2D eigenvalue weighted by Gasteiger charge is 2.36. The first-order valence-electron chi connectivity index (χ1n) is 6.30. The number of ether oxygens (including phenoxy) is 1. The third-order valence-electron chi connectivity index (χ3n) is 3.65. The molecule has 3 nitrogen and oxygen atoms in total. The fraction of sp³-hybridized carbons (Fsp3) is 0.500. The Labute approximate surface area is 101 Å². The Balaban J connectivity index is 1.89.